The molecule has 0 aliphatic carbocycles. The van der Waals surface area contributed by atoms with E-state index in [1.165, 1.54) is 32.2 Å². The summed E-state index contributed by atoms with van der Waals surface area (Å²) in [4.78, 5) is 35.0. The van der Waals surface area contributed by atoms with Crippen LogP contribution in [0.25, 0.3) is 11.3 Å². The van der Waals surface area contributed by atoms with Crippen LogP contribution in [0.15, 0.2) is 34.0 Å². The van der Waals surface area contributed by atoms with Crippen LogP contribution in [0.5, 0.6) is 0 Å². The third-order valence-electron chi connectivity index (χ3n) is 3.11. The normalized spacial score (nSPS) is 10.5. The Balaban J connectivity index is 2.93. The number of hydrogen-bond donors (Lipinski definition) is 0. The Morgan fingerprint density at radius 2 is 2.00 bits per heavy atom. The Labute approximate surface area is 130 Å². The molecule has 0 saturated heterocycles. The zero-order chi connectivity index (χ0) is 16.4. The SMILES string of the molecule is CSc1c(C(C)=O)c(-c2ccccc2[N+](=O)[O-])nn(C)c1=O. The fourth-order valence-electron chi connectivity index (χ4n) is 2.14. The monoisotopic (exact) mass is 319 g/mol. The first-order chi connectivity index (χ1) is 10.4. The van der Waals surface area contributed by atoms with E-state index in [0.717, 1.165) is 16.4 Å². The first-order valence-corrected chi connectivity index (χ1v) is 7.51. The van der Waals surface area contributed by atoms with Crippen molar-refractivity contribution < 1.29 is 9.72 Å². The lowest BCUT2D eigenvalue weighted by Gasteiger charge is -2.12. The highest BCUT2D eigenvalue weighted by atomic mass is 32.2. The number of ketones is 1. The molecule has 1 aromatic carbocycles. The van der Waals surface area contributed by atoms with Gasteiger partial charge in [0.25, 0.3) is 11.2 Å². The topological polar surface area (TPSA) is 95.1 Å². The van der Waals surface area contributed by atoms with Gasteiger partial charge in [-0.25, -0.2) is 4.68 Å². The summed E-state index contributed by atoms with van der Waals surface area (Å²) in [6.45, 7) is 1.31. The molecule has 2 aromatic rings. The van der Waals surface area contributed by atoms with Gasteiger partial charge in [-0.3, -0.25) is 19.7 Å². The fourth-order valence-corrected chi connectivity index (χ4v) is 2.90. The van der Waals surface area contributed by atoms with Crippen LogP contribution in [0.4, 0.5) is 5.69 Å². The standard InChI is InChI=1S/C14H13N3O4S/c1-8(18)11-12(15-16(2)14(19)13(11)22-3)9-6-4-5-7-10(9)17(20)21/h4-7H,1-3H3. The summed E-state index contributed by atoms with van der Waals surface area (Å²) in [6.07, 6.45) is 1.67. The first-order valence-electron chi connectivity index (χ1n) is 6.28. The largest absolute Gasteiger partial charge is 0.294 e. The number of benzene rings is 1. The van der Waals surface area contributed by atoms with Crippen molar-refractivity contribution in [1.82, 2.24) is 9.78 Å². The third-order valence-corrected chi connectivity index (χ3v) is 3.90. The lowest BCUT2D eigenvalue weighted by molar-refractivity contribution is -0.384. The summed E-state index contributed by atoms with van der Waals surface area (Å²) in [5.41, 5.74) is -0.0945. The number of aryl methyl sites for hydroxylation is 1. The number of nitro benzene ring substituents is 1. The molecule has 0 radical (unpaired) electrons. The summed E-state index contributed by atoms with van der Waals surface area (Å²) in [5.74, 6) is -0.359. The predicted molar refractivity (Wildman–Crippen MR) is 83.4 cm³/mol. The van der Waals surface area contributed by atoms with E-state index >= 15 is 0 Å². The van der Waals surface area contributed by atoms with Crippen LogP contribution in [-0.4, -0.2) is 26.7 Å². The van der Waals surface area contributed by atoms with Crippen LogP contribution < -0.4 is 5.56 Å². The highest BCUT2D eigenvalue weighted by molar-refractivity contribution is 7.98. The molecular weight excluding hydrogens is 306 g/mol. The van der Waals surface area contributed by atoms with E-state index < -0.39 is 10.5 Å². The molecule has 114 valence electrons. The maximum Gasteiger partial charge on any atom is 0.280 e. The van der Waals surface area contributed by atoms with Gasteiger partial charge in [-0.05, 0) is 19.2 Å². The lowest BCUT2D eigenvalue weighted by atomic mass is 10.0. The summed E-state index contributed by atoms with van der Waals surface area (Å²) in [7, 11) is 1.45. The first kappa shape index (κ1) is 15.9. The Bertz CT molecular complexity index is 829. The number of nitro groups is 1. The van der Waals surface area contributed by atoms with Gasteiger partial charge < -0.3 is 0 Å². The van der Waals surface area contributed by atoms with E-state index in [1.807, 2.05) is 0 Å². The van der Waals surface area contributed by atoms with E-state index in [4.69, 9.17) is 0 Å². The molecule has 0 N–H and O–H groups in total. The minimum atomic E-state index is -0.537. The van der Waals surface area contributed by atoms with Gasteiger partial charge in [0.1, 0.15) is 5.69 Å². The number of hydrogen-bond acceptors (Lipinski definition) is 6. The number of nitrogens with zero attached hydrogens (tertiary/aromatic N) is 3. The Morgan fingerprint density at radius 3 is 2.55 bits per heavy atom. The molecule has 1 aromatic heterocycles. The molecule has 0 unspecified atom stereocenters. The number of Topliss-reactive ketones (excluding diaryl/α,β-unsaturated/α-hetero) is 1. The number of aromatic nitrogens is 2. The van der Waals surface area contributed by atoms with Gasteiger partial charge in [-0.1, -0.05) is 12.1 Å². The van der Waals surface area contributed by atoms with Crippen LogP contribution in [0, 0.1) is 10.1 Å². The van der Waals surface area contributed by atoms with Crippen molar-refractivity contribution >= 4 is 23.2 Å². The molecule has 1 heterocycles. The minimum Gasteiger partial charge on any atom is -0.294 e. The van der Waals surface area contributed by atoms with E-state index in [2.05, 4.69) is 5.10 Å². The number of carbonyl (C=O) groups excluding carboxylic acids is 1. The molecule has 0 atom stereocenters. The number of para-hydroxylation sites is 1. The predicted octanol–water partition coefficient (Wildman–Crippen LogP) is 2.28. The highest BCUT2D eigenvalue weighted by Crippen LogP contribution is 2.33. The Morgan fingerprint density at radius 1 is 1.36 bits per heavy atom. The van der Waals surface area contributed by atoms with Crippen molar-refractivity contribution in [3.05, 3.63) is 50.3 Å². The molecular formula is C14H13N3O4S. The fraction of sp³-hybridized carbons (Fsp3) is 0.214. The number of carbonyl (C=O) groups is 1. The maximum absolute atomic E-state index is 12.1. The summed E-state index contributed by atoms with van der Waals surface area (Å²) in [6, 6.07) is 6.01. The molecule has 2 rings (SSSR count). The molecule has 0 saturated carbocycles. The number of thioether (sulfide) groups is 1. The molecule has 8 heteroatoms. The van der Waals surface area contributed by atoms with Crippen LogP contribution in [0.3, 0.4) is 0 Å². The second kappa shape index (κ2) is 6.10. The smallest absolute Gasteiger partial charge is 0.280 e. The van der Waals surface area contributed by atoms with Crippen molar-refractivity contribution in [3.8, 4) is 11.3 Å². The van der Waals surface area contributed by atoms with E-state index in [9.17, 15) is 19.7 Å². The van der Waals surface area contributed by atoms with Crippen molar-refractivity contribution in [2.24, 2.45) is 7.05 Å². The van der Waals surface area contributed by atoms with Crippen LogP contribution in [0.2, 0.25) is 0 Å². The summed E-state index contributed by atoms with van der Waals surface area (Å²) >= 11 is 1.12. The Hall–Kier alpha value is -2.48. The van der Waals surface area contributed by atoms with Gasteiger partial charge in [-0.2, -0.15) is 5.10 Å². The van der Waals surface area contributed by atoms with Crippen molar-refractivity contribution in [3.63, 3.8) is 0 Å². The summed E-state index contributed by atoms with van der Waals surface area (Å²) in [5, 5.41) is 15.3. The van der Waals surface area contributed by atoms with Gasteiger partial charge in [-0.15, -0.1) is 11.8 Å². The molecule has 7 nitrogen and oxygen atoms in total. The average Bonchev–Trinajstić information content (AvgIpc) is 2.48. The molecule has 0 spiro atoms. The van der Waals surface area contributed by atoms with Crippen molar-refractivity contribution in [2.75, 3.05) is 6.26 Å². The highest BCUT2D eigenvalue weighted by Gasteiger charge is 2.25. The molecule has 0 aliphatic heterocycles. The van der Waals surface area contributed by atoms with Gasteiger partial charge in [0.05, 0.1) is 20.9 Å². The van der Waals surface area contributed by atoms with Crippen LogP contribution >= 0.6 is 11.8 Å². The zero-order valence-electron chi connectivity index (χ0n) is 12.2. The molecule has 0 bridgehead atoms. The third kappa shape index (κ3) is 2.64. The second-order valence-electron chi connectivity index (χ2n) is 4.52. The zero-order valence-corrected chi connectivity index (χ0v) is 13.0. The minimum absolute atomic E-state index is 0.116. The lowest BCUT2D eigenvalue weighted by Crippen LogP contribution is -2.25. The van der Waals surface area contributed by atoms with Gasteiger partial charge in [0.2, 0.25) is 0 Å². The molecule has 0 fully saturated rings. The quantitative estimate of drug-likeness (QED) is 0.371. The Kier molecular flexibility index (Phi) is 4.41. The average molecular weight is 319 g/mol. The van der Waals surface area contributed by atoms with E-state index in [0.29, 0.717) is 0 Å². The summed E-state index contributed by atoms with van der Waals surface area (Å²) < 4.78 is 1.09. The van der Waals surface area contributed by atoms with Gasteiger partial charge >= 0.3 is 0 Å². The van der Waals surface area contributed by atoms with Crippen LogP contribution in [-0.2, 0) is 7.05 Å². The second-order valence-corrected chi connectivity index (χ2v) is 5.33. The van der Waals surface area contributed by atoms with Crippen LogP contribution in [0.1, 0.15) is 17.3 Å². The van der Waals surface area contributed by atoms with Crippen molar-refractivity contribution in [1.29, 1.82) is 0 Å². The van der Waals surface area contributed by atoms with Crippen molar-refractivity contribution in [2.45, 2.75) is 11.8 Å². The van der Waals surface area contributed by atoms with Gasteiger partial charge in [0, 0.05) is 13.1 Å². The molecule has 0 aliphatic rings. The van der Waals surface area contributed by atoms with Gasteiger partial charge in [0.15, 0.2) is 5.78 Å². The van der Waals surface area contributed by atoms with E-state index in [-0.39, 0.29) is 33.2 Å². The van der Waals surface area contributed by atoms with E-state index in [1.54, 1.807) is 12.3 Å². The molecule has 0 amide bonds. The number of rotatable bonds is 4. The maximum atomic E-state index is 12.1. The molecule has 22 heavy (non-hydrogen) atoms.